The van der Waals surface area contributed by atoms with Crippen LogP contribution in [0.4, 0.5) is 5.69 Å². The molecule has 1 N–H and O–H groups in total. The lowest BCUT2D eigenvalue weighted by molar-refractivity contribution is -0.140. The molecule has 0 aliphatic heterocycles. The molecule has 0 heterocycles. The molecule has 40 heavy (non-hydrogen) atoms. The average Bonchev–Trinajstić information content (AvgIpc) is 2.93. The van der Waals surface area contributed by atoms with Crippen LogP contribution in [0.25, 0.3) is 0 Å². The molecule has 0 saturated heterocycles. The van der Waals surface area contributed by atoms with E-state index >= 15 is 0 Å². The monoisotopic (exact) mass is 623 g/mol. The second kappa shape index (κ2) is 14.2. The van der Waals surface area contributed by atoms with Crippen LogP contribution in [0, 0.1) is 6.92 Å². The van der Waals surface area contributed by atoms with E-state index in [-0.39, 0.29) is 17.3 Å². The van der Waals surface area contributed by atoms with Crippen LogP contribution in [-0.4, -0.2) is 44.3 Å². The third-order valence-electron chi connectivity index (χ3n) is 6.34. The van der Waals surface area contributed by atoms with E-state index in [1.165, 1.54) is 29.2 Å². The number of rotatable bonds is 12. The molecule has 0 saturated carbocycles. The van der Waals surface area contributed by atoms with E-state index in [0.29, 0.717) is 44.8 Å². The summed E-state index contributed by atoms with van der Waals surface area (Å²) in [5.41, 5.74) is 1.66. The van der Waals surface area contributed by atoms with Gasteiger partial charge in [0.15, 0.2) is 0 Å². The maximum Gasteiger partial charge on any atom is 0.264 e. The highest BCUT2D eigenvalue weighted by molar-refractivity contribution is 7.92. The number of nitrogens with one attached hydrogen (secondary N) is 1. The lowest BCUT2D eigenvalue weighted by atomic mass is 10.1. The van der Waals surface area contributed by atoms with Gasteiger partial charge in [0.05, 0.1) is 20.6 Å². The van der Waals surface area contributed by atoms with Crippen LogP contribution in [0.1, 0.15) is 37.8 Å². The Hall–Kier alpha value is -2.78. The Balaban J connectivity index is 2.07. The van der Waals surface area contributed by atoms with Crippen LogP contribution in [-0.2, 0) is 26.2 Å². The zero-order chi connectivity index (χ0) is 29.4. The number of aryl methyl sites for hydroxylation is 1. The number of carbonyl (C=O) groups excluding carboxylic acids is 2. The molecule has 0 spiro atoms. The number of hydrogen-bond donors (Lipinski definition) is 1. The van der Waals surface area contributed by atoms with Crippen molar-refractivity contribution < 1.29 is 18.0 Å². The minimum Gasteiger partial charge on any atom is -0.354 e. The molecule has 0 radical (unpaired) electrons. The molecule has 214 valence electrons. The van der Waals surface area contributed by atoms with Gasteiger partial charge in [-0.15, -0.1) is 0 Å². The quantitative estimate of drug-likeness (QED) is 0.250. The van der Waals surface area contributed by atoms with Crippen LogP contribution in [0.5, 0.6) is 0 Å². The molecule has 0 bridgehead atoms. The fourth-order valence-electron chi connectivity index (χ4n) is 4.21. The third kappa shape index (κ3) is 7.69. The number of anilines is 1. The first-order valence-corrected chi connectivity index (χ1v) is 15.4. The van der Waals surface area contributed by atoms with Gasteiger partial charge in [-0.2, -0.15) is 0 Å². The van der Waals surface area contributed by atoms with Crippen molar-refractivity contribution in [3.8, 4) is 0 Å². The summed E-state index contributed by atoms with van der Waals surface area (Å²) >= 11 is 18.3. The first kappa shape index (κ1) is 31.7. The fraction of sp³-hybridized carbons (Fsp3) is 0.310. The molecule has 0 aliphatic rings. The van der Waals surface area contributed by atoms with Gasteiger partial charge in [0.25, 0.3) is 10.0 Å². The van der Waals surface area contributed by atoms with Gasteiger partial charge < -0.3 is 10.2 Å². The van der Waals surface area contributed by atoms with Crippen molar-refractivity contribution in [2.75, 3.05) is 17.4 Å². The van der Waals surface area contributed by atoms with Crippen molar-refractivity contribution in [3.05, 3.63) is 92.9 Å². The number of para-hydroxylation sites is 1. The summed E-state index contributed by atoms with van der Waals surface area (Å²) in [4.78, 5) is 28.6. The van der Waals surface area contributed by atoms with E-state index in [1.54, 1.807) is 56.3 Å². The predicted molar refractivity (Wildman–Crippen MR) is 162 cm³/mol. The van der Waals surface area contributed by atoms with E-state index in [2.05, 4.69) is 5.32 Å². The summed E-state index contributed by atoms with van der Waals surface area (Å²) in [6, 6.07) is 16.8. The Morgan fingerprint density at radius 3 is 2.20 bits per heavy atom. The summed E-state index contributed by atoms with van der Waals surface area (Å²) in [5.74, 6) is -0.869. The minimum atomic E-state index is -4.19. The molecule has 2 amide bonds. The van der Waals surface area contributed by atoms with Gasteiger partial charge in [-0.05, 0) is 73.4 Å². The van der Waals surface area contributed by atoms with Crippen molar-refractivity contribution in [3.63, 3.8) is 0 Å². The Kier molecular flexibility index (Phi) is 11.3. The van der Waals surface area contributed by atoms with Gasteiger partial charge in [0, 0.05) is 18.1 Å². The second-order valence-electron chi connectivity index (χ2n) is 9.24. The third-order valence-corrected chi connectivity index (χ3v) is 9.10. The van der Waals surface area contributed by atoms with Gasteiger partial charge in [0.2, 0.25) is 11.8 Å². The topological polar surface area (TPSA) is 86.8 Å². The minimum absolute atomic E-state index is 0.0169. The van der Waals surface area contributed by atoms with Crippen LogP contribution >= 0.6 is 34.8 Å². The molecule has 7 nitrogen and oxygen atoms in total. The highest BCUT2D eigenvalue weighted by Gasteiger charge is 2.34. The van der Waals surface area contributed by atoms with Crippen molar-refractivity contribution in [1.82, 2.24) is 10.2 Å². The van der Waals surface area contributed by atoms with E-state index < -0.39 is 28.5 Å². The normalized spacial score (nSPS) is 12.1. The molecule has 0 fully saturated rings. The van der Waals surface area contributed by atoms with Crippen molar-refractivity contribution in [2.24, 2.45) is 0 Å². The first-order chi connectivity index (χ1) is 19.0. The van der Waals surface area contributed by atoms with Crippen LogP contribution in [0.3, 0.4) is 0 Å². The molecule has 0 aromatic heterocycles. The molecule has 3 aromatic rings. The summed E-state index contributed by atoms with van der Waals surface area (Å²) in [6.07, 6.45) is 1.04. The van der Waals surface area contributed by atoms with Gasteiger partial charge in [0.1, 0.15) is 12.6 Å². The van der Waals surface area contributed by atoms with Gasteiger partial charge in [-0.25, -0.2) is 8.42 Å². The van der Waals surface area contributed by atoms with E-state index in [0.717, 1.165) is 10.7 Å². The van der Waals surface area contributed by atoms with Gasteiger partial charge in [-0.3, -0.25) is 13.9 Å². The summed E-state index contributed by atoms with van der Waals surface area (Å²) < 4.78 is 28.9. The van der Waals surface area contributed by atoms with Crippen LogP contribution in [0.2, 0.25) is 15.1 Å². The number of halogens is 3. The van der Waals surface area contributed by atoms with E-state index in [9.17, 15) is 18.0 Å². The predicted octanol–water partition coefficient (Wildman–Crippen LogP) is 6.48. The van der Waals surface area contributed by atoms with Crippen molar-refractivity contribution >= 4 is 62.3 Å². The Labute approximate surface area is 251 Å². The number of hydrogen-bond acceptors (Lipinski definition) is 4. The summed E-state index contributed by atoms with van der Waals surface area (Å²) in [7, 11) is -4.19. The smallest absolute Gasteiger partial charge is 0.264 e. The second-order valence-corrected chi connectivity index (χ2v) is 12.4. The number of amides is 2. The number of sulfonamides is 1. The Morgan fingerprint density at radius 1 is 0.925 bits per heavy atom. The molecule has 3 aromatic carbocycles. The molecular weight excluding hydrogens is 593 g/mol. The number of carbonyl (C=O) groups is 2. The Morgan fingerprint density at radius 2 is 1.60 bits per heavy atom. The largest absolute Gasteiger partial charge is 0.354 e. The van der Waals surface area contributed by atoms with Crippen molar-refractivity contribution in [1.29, 1.82) is 0 Å². The number of benzene rings is 3. The summed E-state index contributed by atoms with van der Waals surface area (Å²) in [6.45, 7) is 5.44. The highest BCUT2D eigenvalue weighted by Crippen LogP contribution is 2.29. The lowest BCUT2D eigenvalue weighted by Crippen LogP contribution is -2.52. The molecule has 11 heteroatoms. The first-order valence-electron chi connectivity index (χ1n) is 12.8. The van der Waals surface area contributed by atoms with E-state index in [4.69, 9.17) is 34.8 Å². The molecule has 1 atom stereocenters. The highest BCUT2D eigenvalue weighted by atomic mass is 35.5. The molecule has 0 aliphatic carbocycles. The molecule has 0 unspecified atom stereocenters. The van der Waals surface area contributed by atoms with Crippen LogP contribution in [0.15, 0.2) is 71.6 Å². The fourth-order valence-corrected chi connectivity index (χ4v) is 6.14. The van der Waals surface area contributed by atoms with Crippen molar-refractivity contribution in [2.45, 2.75) is 51.1 Å². The summed E-state index contributed by atoms with van der Waals surface area (Å²) in [5, 5.41) is 3.90. The maximum absolute atomic E-state index is 14.1. The molecular formula is C29H32Cl3N3O4S. The zero-order valence-corrected chi connectivity index (χ0v) is 25.6. The average molecular weight is 625 g/mol. The Bertz CT molecular complexity index is 1450. The molecule has 3 rings (SSSR count). The standard InChI is InChI=1S/C29H32Cl3N3O4S/c1-4-16-33-29(37)26(5-2)34(18-21-10-15-24(31)25(32)17-21)28(36)19-35(27-9-7-6-8-20(27)3)40(38,39)23-13-11-22(30)12-14-23/h6-15,17,26H,4-5,16,18-19H2,1-3H3,(H,33,37)/t26-/m0/s1. The SMILES string of the molecule is CCCNC(=O)[C@H](CC)N(Cc1ccc(Cl)c(Cl)c1)C(=O)CN(c1ccccc1C)S(=O)(=O)c1ccc(Cl)cc1. The number of nitrogens with zero attached hydrogens (tertiary/aromatic N) is 2. The van der Waals surface area contributed by atoms with Gasteiger partial charge in [-0.1, -0.05) is 72.9 Å². The lowest BCUT2D eigenvalue weighted by Gasteiger charge is -2.33. The zero-order valence-electron chi connectivity index (χ0n) is 22.5. The maximum atomic E-state index is 14.1. The van der Waals surface area contributed by atoms with Gasteiger partial charge >= 0.3 is 0 Å². The van der Waals surface area contributed by atoms with Crippen LogP contribution < -0.4 is 9.62 Å². The van der Waals surface area contributed by atoms with E-state index in [1.807, 2.05) is 6.92 Å².